The lowest BCUT2D eigenvalue weighted by Gasteiger charge is -2.50. The maximum absolute atomic E-state index is 15.5. The molecule has 3 N–H and O–H groups in total. The summed E-state index contributed by atoms with van der Waals surface area (Å²) in [6.45, 7) is 5.43. The second-order valence-corrected chi connectivity index (χ2v) is 18.8. The molecule has 2 amide bonds. The number of amides is 2. The van der Waals surface area contributed by atoms with E-state index in [0.717, 1.165) is 42.4 Å². The summed E-state index contributed by atoms with van der Waals surface area (Å²) >= 11 is 0. The highest BCUT2D eigenvalue weighted by atomic mass is 16.8. The predicted molar refractivity (Wildman–Crippen MR) is 215 cm³/mol. The minimum atomic E-state index is -1.42. The van der Waals surface area contributed by atoms with Crippen LogP contribution >= 0.6 is 0 Å². The first-order valence-electron chi connectivity index (χ1n) is 21.8. The van der Waals surface area contributed by atoms with E-state index in [-0.39, 0.29) is 55.9 Å². The van der Waals surface area contributed by atoms with Gasteiger partial charge in [-0.1, -0.05) is 54.6 Å². The number of likely N-dealkylation sites (tertiary alicyclic amines) is 1. The Morgan fingerprint density at radius 2 is 1.72 bits per heavy atom. The molecule has 8 atom stereocenters. The van der Waals surface area contributed by atoms with Crippen molar-refractivity contribution < 1.29 is 53.2 Å². The van der Waals surface area contributed by atoms with E-state index in [1.165, 1.54) is 0 Å². The second kappa shape index (κ2) is 15.8. The third-order valence-corrected chi connectivity index (χ3v) is 13.3. The van der Waals surface area contributed by atoms with Gasteiger partial charge in [-0.2, -0.15) is 5.06 Å². The Balaban J connectivity index is 0.968. The molecule has 322 valence electrons. The van der Waals surface area contributed by atoms with Gasteiger partial charge in [-0.05, 0) is 94.9 Å². The molecule has 0 spiro atoms. The number of aromatic hydroxyl groups is 1. The van der Waals surface area contributed by atoms with Crippen LogP contribution < -0.4 is 5.32 Å². The Bertz CT molecular complexity index is 2000. The van der Waals surface area contributed by atoms with E-state index >= 15 is 4.79 Å². The smallest absolute Gasteiger partial charge is 0.327 e. The van der Waals surface area contributed by atoms with Crippen LogP contribution in [0, 0.1) is 17.3 Å². The van der Waals surface area contributed by atoms with Crippen molar-refractivity contribution in [3.63, 3.8) is 0 Å². The summed E-state index contributed by atoms with van der Waals surface area (Å²) < 4.78 is 25.6. The van der Waals surface area contributed by atoms with Gasteiger partial charge >= 0.3 is 11.9 Å². The van der Waals surface area contributed by atoms with Crippen LogP contribution in [-0.2, 0) is 55.9 Å². The first kappa shape index (κ1) is 41.0. The molecule has 7 aliphatic rings. The van der Waals surface area contributed by atoms with E-state index in [9.17, 15) is 24.6 Å². The number of phenols is 1. The van der Waals surface area contributed by atoms with Gasteiger partial charge in [0.15, 0.2) is 11.8 Å². The number of hydrogen-bond acceptors (Lipinski definition) is 12. The second-order valence-electron chi connectivity index (χ2n) is 18.8. The van der Waals surface area contributed by atoms with Gasteiger partial charge in [0.05, 0.1) is 19.2 Å². The van der Waals surface area contributed by atoms with Crippen molar-refractivity contribution in [1.82, 2.24) is 15.3 Å². The fourth-order valence-corrected chi connectivity index (χ4v) is 10.3. The number of allylic oxidation sites excluding steroid dienone is 1. The number of esters is 2. The number of nitrogens with zero attached hydrogens (tertiary/aromatic N) is 2. The monoisotopic (exact) mass is 827 g/mol. The highest BCUT2D eigenvalue weighted by molar-refractivity contribution is 5.96. The highest BCUT2D eigenvalue weighted by Crippen LogP contribution is 2.64. The molecule has 4 heterocycles. The minimum Gasteiger partial charge on any atom is -0.508 e. The van der Waals surface area contributed by atoms with Crippen LogP contribution in [0.2, 0.25) is 0 Å². The summed E-state index contributed by atoms with van der Waals surface area (Å²) in [7, 11) is 0. The lowest BCUT2D eigenvalue weighted by Crippen LogP contribution is -2.70. The number of carbonyl (C=O) groups is 4. The SMILES string of the molecule is CC(C)(C)OC(=O)CCC(CO)NC(=O)C1CCCN1C(=O)C12CC3OC(=O)C1N(Cc1ccc(C=CCc4ccccc4O)cc1)OC2C1OC(C2CC2)(C2CC2)OC31. The summed E-state index contributed by atoms with van der Waals surface area (Å²) in [4.78, 5) is 64.7. The Kier molecular flexibility index (Phi) is 10.8. The fraction of sp³-hybridized carbons (Fsp3) is 0.609. The Morgan fingerprint density at radius 1 is 1.00 bits per heavy atom. The van der Waals surface area contributed by atoms with Crippen LogP contribution in [0.1, 0.15) is 95.2 Å². The Hall–Kier alpha value is -4.34. The maximum atomic E-state index is 15.5. The summed E-state index contributed by atoms with van der Waals surface area (Å²) in [6.07, 6.45) is 6.94. The van der Waals surface area contributed by atoms with Gasteiger partial charge in [-0.15, -0.1) is 0 Å². The number of aliphatic hydroxyl groups excluding tert-OH is 1. The standard InChI is InChI=1S/C46H57N3O11/c1-44(2,3)57-36(52)22-21-32(26-50)47-41(53)33-11-7-23-48(33)43(55)45-24-35-37-38(59-46(58-37,30-17-18-30)31-19-20-31)40(45)60-49(39(45)42(54)56-35)25-28-15-13-27(14-16-28)8-6-10-29-9-4-5-12-34(29)51/h4-6,8-9,12-16,30-33,35,37-40,50-51H,7,10-11,17-26H2,1-3H3,(H,47,53). The number of hydrogen-bond donors (Lipinski definition) is 3. The van der Waals surface area contributed by atoms with Gasteiger partial charge < -0.3 is 39.4 Å². The molecular formula is C46H57N3O11. The fourth-order valence-electron chi connectivity index (χ4n) is 10.3. The molecule has 4 saturated heterocycles. The van der Waals surface area contributed by atoms with Crippen molar-refractivity contribution >= 4 is 29.8 Å². The Labute approximate surface area is 350 Å². The number of benzene rings is 2. The van der Waals surface area contributed by atoms with Crippen molar-refractivity contribution in [2.75, 3.05) is 13.2 Å². The molecule has 3 aliphatic carbocycles. The summed E-state index contributed by atoms with van der Waals surface area (Å²) in [5.41, 5.74) is 0.564. The van der Waals surface area contributed by atoms with Crippen LogP contribution in [0.5, 0.6) is 5.75 Å². The van der Waals surface area contributed by atoms with Crippen molar-refractivity contribution in [1.29, 1.82) is 0 Å². The van der Waals surface area contributed by atoms with E-state index in [2.05, 4.69) is 5.32 Å². The molecule has 8 unspecified atom stereocenters. The molecule has 3 saturated carbocycles. The third-order valence-electron chi connectivity index (χ3n) is 13.3. The van der Waals surface area contributed by atoms with Crippen LogP contribution in [0.15, 0.2) is 54.6 Å². The molecule has 0 radical (unpaired) electrons. The largest absolute Gasteiger partial charge is 0.508 e. The van der Waals surface area contributed by atoms with E-state index in [0.29, 0.717) is 25.8 Å². The average molecular weight is 828 g/mol. The van der Waals surface area contributed by atoms with Crippen LogP contribution in [0.3, 0.4) is 0 Å². The number of hydroxylamine groups is 2. The zero-order chi connectivity index (χ0) is 42.0. The number of fused-ring (bicyclic) bond motifs is 4. The number of carbonyl (C=O) groups excluding carboxylic acids is 4. The van der Waals surface area contributed by atoms with E-state index < -0.39 is 77.2 Å². The van der Waals surface area contributed by atoms with Crippen LogP contribution in [0.25, 0.3) is 6.08 Å². The van der Waals surface area contributed by atoms with Gasteiger partial charge in [-0.25, -0.2) is 0 Å². The molecule has 9 rings (SSSR count). The third kappa shape index (κ3) is 7.63. The van der Waals surface area contributed by atoms with E-state index in [1.54, 1.807) is 42.9 Å². The molecule has 2 aromatic carbocycles. The lowest BCUT2D eigenvalue weighted by atomic mass is 9.62. The van der Waals surface area contributed by atoms with Gasteiger partial charge in [0.25, 0.3) is 0 Å². The molecule has 7 fully saturated rings. The molecule has 2 aromatic rings. The highest BCUT2D eigenvalue weighted by Gasteiger charge is 2.78. The van der Waals surface area contributed by atoms with Gasteiger partial charge in [-0.3, -0.25) is 24.0 Å². The number of phenolic OH excluding ortho intramolecular Hbond substituents is 1. The first-order chi connectivity index (χ1) is 28.8. The number of ether oxygens (including phenoxy) is 4. The van der Waals surface area contributed by atoms with Crippen molar-refractivity contribution in [2.45, 2.75) is 145 Å². The van der Waals surface area contributed by atoms with Gasteiger partial charge in [0, 0.05) is 31.2 Å². The van der Waals surface area contributed by atoms with Crippen molar-refractivity contribution in [3.05, 3.63) is 71.3 Å². The van der Waals surface area contributed by atoms with Crippen LogP contribution in [0.4, 0.5) is 0 Å². The molecule has 4 aliphatic heterocycles. The number of aliphatic hydroxyl groups is 1. The molecule has 2 bridgehead atoms. The zero-order valence-corrected chi connectivity index (χ0v) is 34.6. The van der Waals surface area contributed by atoms with Crippen molar-refractivity contribution in [2.24, 2.45) is 17.3 Å². The molecule has 60 heavy (non-hydrogen) atoms. The van der Waals surface area contributed by atoms with E-state index in [1.807, 2.05) is 48.6 Å². The molecular weight excluding hydrogens is 771 g/mol. The Morgan fingerprint density at radius 3 is 2.40 bits per heavy atom. The molecule has 0 aromatic heterocycles. The number of nitrogens with one attached hydrogen (secondary N) is 1. The molecule has 14 heteroatoms. The zero-order valence-electron chi connectivity index (χ0n) is 34.6. The quantitative estimate of drug-likeness (QED) is 0.231. The maximum Gasteiger partial charge on any atom is 0.327 e. The summed E-state index contributed by atoms with van der Waals surface area (Å²) in [5, 5.41) is 24.8. The summed E-state index contributed by atoms with van der Waals surface area (Å²) in [6, 6.07) is 12.4. The normalized spacial score (nSPS) is 31.2. The summed E-state index contributed by atoms with van der Waals surface area (Å²) in [5.74, 6) is -1.84. The van der Waals surface area contributed by atoms with Crippen molar-refractivity contribution in [3.8, 4) is 5.75 Å². The van der Waals surface area contributed by atoms with Gasteiger partial charge in [0.2, 0.25) is 11.8 Å². The topological polar surface area (TPSA) is 173 Å². The van der Waals surface area contributed by atoms with Crippen LogP contribution in [-0.4, -0.2) is 111 Å². The number of para-hydroxylation sites is 1. The average Bonchev–Trinajstić information content (AvgIpc) is 4.13. The lowest BCUT2D eigenvalue weighted by molar-refractivity contribution is -0.235. The predicted octanol–water partition coefficient (Wildman–Crippen LogP) is 4.34. The molecule has 14 nitrogen and oxygen atoms in total. The van der Waals surface area contributed by atoms with Gasteiger partial charge in [0.1, 0.15) is 47.2 Å². The first-order valence-corrected chi connectivity index (χ1v) is 21.8. The minimum absolute atomic E-state index is 0.00609. The van der Waals surface area contributed by atoms with E-state index in [4.69, 9.17) is 23.8 Å². The number of rotatable bonds is 14.